The van der Waals surface area contributed by atoms with Gasteiger partial charge >= 0.3 is 6.03 Å². The molecular formula is C23H31N3O5. The molecule has 3 aliphatic rings. The average Bonchev–Trinajstić information content (AvgIpc) is 2.89. The van der Waals surface area contributed by atoms with E-state index >= 15 is 0 Å². The van der Waals surface area contributed by atoms with E-state index in [1.165, 1.54) is 0 Å². The van der Waals surface area contributed by atoms with Crippen LogP contribution in [0.1, 0.15) is 58.6 Å². The van der Waals surface area contributed by atoms with Crippen LogP contribution in [0.15, 0.2) is 18.2 Å². The van der Waals surface area contributed by atoms with Gasteiger partial charge in [-0.3, -0.25) is 14.5 Å². The van der Waals surface area contributed by atoms with Crippen molar-refractivity contribution in [2.75, 3.05) is 19.8 Å². The van der Waals surface area contributed by atoms with Crippen molar-refractivity contribution in [3.05, 3.63) is 23.8 Å². The molecule has 0 radical (unpaired) electrons. The van der Waals surface area contributed by atoms with Crippen molar-refractivity contribution in [3.8, 4) is 11.5 Å². The summed E-state index contributed by atoms with van der Waals surface area (Å²) < 4.78 is 11.1. The van der Waals surface area contributed by atoms with E-state index in [2.05, 4.69) is 31.4 Å². The predicted molar refractivity (Wildman–Crippen MR) is 114 cm³/mol. The van der Waals surface area contributed by atoms with E-state index in [4.69, 9.17) is 9.47 Å². The number of carbonyl (C=O) groups excluding carboxylic acids is 3. The molecule has 2 aliphatic heterocycles. The van der Waals surface area contributed by atoms with Crippen molar-refractivity contribution in [3.63, 3.8) is 0 Å². The number of amides is 4. The van der Waals surface area contributed by atoms with Crippen molar-refractivity contribution in [2.45, 2.75) is 58.5 Å². The molecule has 4 rings (SSSR count). The summed E-state index contributed by atoms with van der Waals surface area (Å²) in [6.07, 6.45) is 2.19. The van der Waals surface area contributed by atoms with Crippen LogP contribution in [0.2, 0.25) is 0 Å². The minimum Gasteiger partial charge on any atom is -0.486 e. The highest BCUT2D eigenvalue weighted by Gasteiger charge is 2.56. The first kappa shape index (κ1) is 21.5. The number of nitrogens with zero attached hydrogens (tertiary/aromatic N) is 1. The molecule has 1 saturated heterocycles. The number of carbonyl (C=O) groups is 3. The largest absolute Gasteiger partial charge is 0.486 e. The topological polar surface area (TPSA) is 97.0 Å². The lowest BCUT2D eigenvalue weighted by Crippen LogP contribution is -2.54. The third-order valence-electron chi connectivity index (χ3n) is 6.37. The zero-order valence-corrected chi connectivity index (χ0v) is 18.6. The van der Waals surface area contributed by atoms with Crippen LogP contribution in [-0.4, -0.2) is 48.0 Å². The Kier molecular flexibility index (Phi) is 5.35. The highest BCUT2D eigenvalue weighted by Crippen LogP contribution is 2.46. The van der Waals surface area contributed by atoms with Gasteiger partial charge in [-0.05, 0) is 55.2 Å². The first-order valence-corrected chi connectivity index (χ1v) is 10.9. The molecule has 8 heteroatoms. The Hall–Kier alpha value is -2.77. The Morgan fingerprint density at radius 1 is 1.23 bits per heavy atom. The van der Waals surface area contributed by atoms with Gasteiger partial charge in [-0.25, -0.2) is 4.79 Å². The monoisotopic (exact) mass is 429 g/mol. The van der Waals surface area contributed by atoms with Crippen LogP contribution in [0, 0.1) is 11.3 Å². The number of rotatable bonds is 4. The van der Waals surface area contributed by atoms with E-state index in [0.29, 0.717) is 43.5 Å². The molecule has 8 nitrogen and oxygen atoms in total. The number of benzene rings is 1. The van der Waals surface area contributed by atoms with Gasteiger partial charge in [0, 0.05) is 0 Å². The molecule has 1 saturated carbocycles. The van der Waals surface area contributed by atoms with Gasteiger partial charge in [-0.2, -0.15) is 0 Å². The van der Waals surface area contributed by atoms with Crippen LogP contribution in [0.25, 0.3) is 0 Å². The van der Waals surface area contributed by atoms with E-state index in [1.54, 1.807) is 0 Å². The van der Waals surface area contributed by atoms with E-state index in [-0.39, 0.29) is 29.8 Å². The lowest BCUT2D eigenvalue weighted by Gasteiger charge is -2.43. The maximum Gasteiger partial charge on any atom is 0.325 e. The SMILES string of the molecule is C[C@@H]1CC(C)(C)C[C@@]2(C1)NC(=O)N(CC(=O)N[C@@H](C)c1ccc3c(c1)OCCO3)C2=O. The Bertz CT molecular complexity index is 914. The summed E-state index contributed by atoms with van der Waals surface area (Å²) >= 11 is 0. The molecule has 4 amide bonds. The summed E-state index contributed by atoms with van der Waals surface area (Å²) in [5, 5.41) is 5.78. The maximum absolute atomic E-state index is 13.2. The molecule has 1 spiro atoms. The van der Waals surface area contributed by atoms with Crippen LogP contribution in [0.4, 0.5) is 4.79 Å². The van der Waals surface area contributed by atoms with Gasteiger partial charge in [0.05, 0.1) is 6.04 Å². The molecule has 2 heterocycles. The zero-order valence-electron chi connectivity index (χ0n) is 18.6. The van der Waals surface area contributed by atoms with Gasteiger partial charge in [0.1, 0.15) is 25.3 Å². The van der Waals surface area contributed by atoms with Crippen LogP contribution in [-0.2, 0) is 9.59 Å². The second kappa shape index (κ2) is 7.73. The van der Waals surface area contributed by atoms with Gasteiger partial charge in [0.2, 0.25) is 5.91 Å². The standard InChI is InChI=1S/C23H31N3O5/c1-14-10-22(3,4)13-23(11-14)20(28)26(21(29)25-23)12-19(27)24-15(2)16-5-6-17-18(9-16)31-8-7-30-17/h5-6,9,14-15H,7-8,10-13H2,1-4H3,(H,24,27)(H,25,29)/t14-,15+,23-/m1/s1. The quantitative estimate of drug-likeness (QED) is 0.718. The van der Waals surface area contributed by atoms with Gasteiger partial charge in [-0.1, -0.05) is 26.8 Å². The number of hydrogen-bond acceptors (Lipinski definition) is 5. The average molecular weight is 430 g/mol. The van der Waals surface area contributed by atoms with Crippen LogP contribution in [0.5, 0.6) is 11.5 Å². The number of hydrogen-bond donors (Lipinski definition) is 2. The molecule has 0 unspecified atom stereocenters. The third kappa shape index (κ3) is 4.20. The number of urea groups is 1. The van der Waals surface area contributed by atoms with E-state index in [9.17, 15) is 14.4 Å². The van der Waals surface area contributed by atoms with Crippen LogP contribution in [0.3, 0.4) is 0 Å². The fourth-order valence-corrected chi connectivity index (χ4v) is 5.49. The summed E-state index contributed by atoms with van der Waals surface area (Å²) in [7, 11) is 0. The van der Waals surface area contributed by atoms with Crippen LogP contribution < -0.4 is 20.1 Å². The lowest BCUT2D eigenvalue weighted by molar-refractivity contribution is -0.137. The zero-order chi connectivity index (χ0) is 22.4. The first-order valence-electron chi connectivity index (χ1n) is 10.9. The fraction of sp³-hybridized carbons (Fsp3) is 0.609. The summed E-state index contributed by atoms with van der Waals surface area (Å²) in [4.78, 5) is 39.6. The molecule has 31 heavy (non-hydrogen) atoms. The van der Waals surface area contributed by atoms with Crippen molar-refractivity contribution >= 4 is 17.8 Å². The first-order chi connectivity index (χ1) is 14.6. The van der Waals surface area contributed by atoms with Gasteiger partial charge in [0.25, 0.3) is 5.91 Å². The lowest BCUT2D eigenvalue weighted by atomic mass is 9.64. The number of ether oxygens (including phenoxy) is 2. The van der Waals surface area contributed by atoms with E-state index in [1.807, 2.05) is 25.1 Å². The summed E-state index contributed by atoms with van der Waals surface area (Å²) in [6.45, 7) is 8.90. The molecule has 2 fully saturated rings. The molecule has 1 aromatic carbocycles. The number of nitrogens with one attached hydrogen (secondary N) is 2. The predicted octanol–water partition coefficient (Wildman–Crippen LogP) is 2.77. The Balaban J connectivity index is 1.41. The number of imide groups is 1. The van der Waals surface area contributed by atoms with Crippen molar-refractivity contribution < 1.29 is 23.9 Å². The summed E-state index contributed by atoms with van der Waals surface area (Å²) in [5.74, 6) is 0.972. The van der Waals surface area contributed by atoms with Gasteiger partial charge < -0.3 is 20.1 Å². The Labute approximate surface area is 182 Å². The smallest absolute Gasteiger partial charge is 0.325 e. The summed E-state index contributed by atoms with van der Waals surface area (Å²) in [6, 6.07) is 4.73. The highest BCUT2D eigenvalue weighted by atomic mass is 16.6. The molecule has 1 aromatic rings. The van der Waals surface area contributed by atoms with Crippen molar-refractivity contribution in [2.24, 2.45) is 11.3 Å². The van der Waals surface area contributed by atoms with Gasteiger partial charge in [-0.15, -0.1) is 0 Å². The minimum absolute atomic E-state index is 0.0500. The fourth-order valence-electron chi connectivity index (χ4n) is 5.49. The molecule has 0 bridgehead atoms. The third-order valence-corrected chi connectivity index (χ3v) is 6.37. The van der Waals surface area contributed by atoms with E-state index in [0.717, 1.165) is 16.9 Å². The second-order valence-corrected chi connectivity index (χ2v) is 9.95. The maximum atomic E-state index is 13.2. The molecule has 0 aromatic heterocycles. The molecule has 168 valence electrons. The van der Waals surface area contributed by atoms with Gasteiger partial charge in [0.15, 0.2) is 11.5 Å². The molecule has 2 N–H and O–H groups in total. The normalized spacial score (nSPS) is 27.7. The van der Waals surface area contributed by atoms with Crippen molar-refractivity contribution in [1.29, 1.82) is 0 Å². The molecule has 3 atom stereocenters. The summed E-state index contributed by atoms with van der Waals surface area (Å²) in [5.41, 5.74) is -0.0971. The molecule has 1 aliphatic carbocycles. The van der Waals surface area contributed by atoms with E-state index < -0.39 is 11.6 Å². The van der Waals surface area contributed by atoms with Crippen LogP contribution >= 0.6 is 0 Å². The second-order valence-electron chi connectivity index (χ2n) is 9.95. The van der Waals surface area contributed by atoms with Crippen molar-refractivity contribution in [1.82, 2.24) is 15.5 Å². The number of fused-ring (bicyclic) bond motifs is 1. The molecular weight excluding hydrogens is 398 g/mol. The minimum atomic E-state index is -0.903. The Morgan fingerprint density at radius 2 is 1.94 bits per heavy atom. The highest BCUT2D eigenvalue weighted by molar-refractivity contribution is 6.09. The Morgan fingerprint density at radius 3 is 2.65 bits per heavy atom.